The van der Waals surface area contributed by atoms with E-state index < -0.39 is 9.84 Å². The molecule has 4 rings (SSSR count). The van der Waals surface area contributed by atoms with E-state index in [0.29, 0.717) is 4.90 Å². The zero-order valence-electron chi connectivity index (χ0n) is 15.2. The van der Waals surface area contributed by atoms with Gasteiger partial charge in [0.2, 0.25) is 0 Å². The van der Waals surface area contributed by atoms with Gasteiger partial charge in [0.25, 0.3) is 0 Å². The van der Waals surface area contributed by atoms with Crippen molar-refractivity contribution in [2.24, 2.45) is 0 Å². The SMILES string of the molecule is CN1CCN(C2c3ccccc3C=Cc3ccc(S(C)(=O)=O)cc32)CC1. The monoisotopic (exact) mass is 368 g/mol. The minimum absolute atomic E-state index is 0.0756. The summed E-state index contributed by atoms with van der Waals surface area (Å²) in [5.74, 6) is 0. The molecule has 0 saturated carbocycles. The third kappa shape index (κ3) is 3.22. The third-order valence-electron chi connectivity index (χ3n) is 5.42. The first kappa shape index (κ1) is 17.5. The largest absolute Gasteiger partial charge is 0.304 e. The molecule has 1 saturated heterocycles. The van der Waals surface area contributed by atoms with Gasteiger partial charge in [0.05, 0.1) is 10.9 Å². The topological polar surface area (TPSA) is 40.6 Å². The first-order chi connectivity index (χ1) is 12.4. The molecule has 1 aliphatic carbocycles. The number of hydrogen-bond donors (Lipinski definition) is 0. The van der Waals surface area contributed by atoms with Crippen molar-refractivity contribution in [3.63, 3.8) is 0 Å². The minimum atomic E-state index is -3.24. The van der Waals surface area contributed by atoms with Crippen LogP contribution in [0.15, 0.2) is 47.4 Å². The molecule has 1 heterocycles. The maximum Gasteiger partial charge on any atom is 0.175 e. The van der Waals surface area contributed by atoms with Crippen molar-refractivity contribution in [1.29, 1.82) is 0 Å². The summed E-state index contributed by atoms with van der Waals surface area (Å²) in [7, 11) is -1.09. The zero-order chi connectivity index (χ0) is 18.3. The summed E-state index contributed by atoms with van der Waals surface area (Å²) in [6, 6.07) is 14.0. The molecule has 2 aliphatic rings. The number of likely N-dealkylation sites (N-methyl/N-ethyl adjacent to an activating group) is 1. The van der Waals surface area contributed by atoms with Crippen LogP contribution in [0.1, 0.15) is 28.3 Å². The Bertz CT molecular complexity index is 958. The fourth-order valence-corrected chi connectivity index (χ4v) is 4.56. The van der Waals surface area contributed by atoms with Crippen LogP contribution in [0.3, 0.4) is 0 Å². The van der Waals surface area contributed by atoms with Gasteiger partial charge in [-0.05, 0) is 41.4 Å². The molecule has 26 heavy (non-hydrogen) atoms. The smallest absolute Gasteiger partial charge is 0.175 e. The Hall–Kier alpha value is -1.95. The predicted molar refractivity (Wildman–Crippen MR) is 106 cm³/mol. The number of nitrogens with zero attached hydrogens (tertiary/aromatic N) is 2. The molecule has 4 nitrogen and oxygen atoms in total. The van der Waals surface area contributed by atoms with Crippen LogP contribution in [0.5, 0.6) is 0 Å². The van der Waals surface area contributed by atoms with E-state index in [1.165, 1.54) is 17.4 Å². The molecule has 0 radical (unpaired) electrons. The van der Waals surface area contributed by atoms with Gasteiger partial charge in [-0.1, -0.05) is 42.5 Å². The van der Waals surface area contributed by atoms with Crippen molar-refractivity contribution in [2.45, 2.75) is 10.9 Å². The Morgan fingerprint density at radius 1 is 0.885 bits per heavy atom. The van der Waals surface area contributed by atoms with Crippen molar-refractivity contribution in [3.05, 3.63) is 64.7 Å². The second-order valence-electron chi connectivity index (χ2n) is 7.27. The van der Waals surface area contributed by atoms with Gasteiger partial charge < -0.3 is 4.90 Å². The molecule has 136 valence electrons. The second-order valence-corrected chi connectivity index (χ2v) is 9.28. The standard InChI is InChI=1S/C21H24N2O2S/c1-22-11-13-23(14-12-22)21-19-6-4-3-5-16(19)7-8-17-9-10-18(15-20(17)21)26(2,24)25/h3-10,15,21H,11-14H2,1-2H3. The second kappa shape index (κ2) is 6.65. The molecule has 0 N–H and O–H groups in total. The van der Waals surface area contributed by atoms with Gasteiger partial charge in [-0.3, -0.25) is 4.90 Å². The molecule has 0 amide bonds. The maximum absolute atomic E-state index is 12.1. The lowest BCUT2D eigenvalue weighted by atomic mass is 9.92. The molecule has 0 bridgehead atoms. The molecule has 1 aliphatic heterocycles. The highest BCUT2D eigenvalue weighted by Crippen LogP contribution is 2.38. The van der Waals surface area contributed by atoms with Gasteiger partial charge in [-0.25, -0.2) is 8.42 Å². The van der Waals surface area contributed by atoms with E-state index in [0.717, 1.165) is 37.3 Å². The Kier molecular flexibility index (Phi) is 4.47. The normalized spacial score (nSPS) is 21.1. The minimum Gasteiger partial charge on any atom is -0.304 e. The average molecular weight is 369 g/mol. The first-order valence-electron chi connectivity index (χ1n) is 8.97. The number of benzene rings is 2. The average Bonchev–Trinajstić information content (AvgIpc) is 2.78. The lowest BCUT2D eigenvalue weighted by molar-refractivity contribution is 0.127. The summed E-state index contributed by atoms with van der Waals surface area (Å²) in [6.45, 7) is 3.98. The van der Waals surface area contributed by atoms with Crippen LogP contribution in [-0.2, 0) is 9.84 Å². The Balaban J connectivity index is 1.89. The highest BCUT2D eigenvalue weighted by Gasteiger charge is 2.30. The molecule has 2 aromatic carbocycles. The fraction of sp³-hybridized carbons (Fsp3) is 0.333. The molecule has 1 unspecified atom stereocenters. The quantitative estimate of drug-likeness (QED) is 0.817. The van der Waals surface area contributed by atoms with E-state index >= 15 is 0 Å². The molecule has 0 aromatic heterocycles. The van der Waals surface area contributed by atoms with Crippen LogP contribution in [0.25, 0.3) is 12.2 Å². The van der Waals surface area contributed by atoms with Crippen molar-refractivity contribution >= 4 is 22.0 Å². The first-order valence-corrected chi connectivity index (χ1v) is 10.9. The van der Waals surface area contributed by atoms with E-state index in [1.54, 1.807) is 6.07 Å². The van der Waals surface area contributed by atoms with Gasteiger partial charge in [0, 0.05) is 32.4 Å². The van der Waals surface area contributed by atoms with Crippen LogP contribution < -0.4 is 0 Å². The molecule has 1 atom stereocenters. The number of fused-ring (bicyclic) bond motifs is 2. The number of piperazine rings is 1. The zero-order valence-corrected chi connectivity index (χ0v) is 16.0. The number of rotatable bonds is 2. The lowest BCUT2D eigenvalue weighted by Gasteiger charge is -2.39. The van der Waals surface area contributed by atoms with Crippen molar-refractivity contribution in [1.82, 2.24) is 9.80 Å². The third-order valence-corrected chi connectivity index (χ3v) is 6.53. The summed E-state index contributed by atoms with van der Waals surface area (Å²) >= 11 is 0. The summed E-state index contributed by atoms with van der Waals surface area (Å²) in [5, 5.41) is 0. The highest BCUT2D eigenvalue weighted by atomic mass is 32.2. The summed E-state index contributed by atoms with van der Waals surface area (Å²) < 4.78 is 24.3. The number of sulfone groups is 1. The van der Waals surface area contributed by atoms with E-state index in [-0.39, 0.29) is 6.04 Å². The van der Waals surface area contributed by atoms with Gasteiger partial charge >= 0.3 is 0 Å². The van der Waals surface area contributed by atoms with Crippen molar-refractivity contribution < 1.29 is 8.42 Å². The Labute approximate surface area is 155 Å². The lowest BCUT2D eigenvalue weighted by Crippen LogP contribution is -2.46. The highest BCUT2D eigenvalue weighted by molar-refractivity contribution is 7.90. The molecule has 0 spiro atoms. The molecule has 2 aromatic rings. The molecule has 5 heteroatoms. The summed E-state index contributed by atoms with van der Waals surface area (Å²) in [4.78, 5) is 5.21. The van der Waals surface area contributed by atoms with Gasteiger partial charge in [0.1, 0.15) is 0 Å². The van der Waals surface area contributed by atoms with Crippen LogP contribution in [0, 0.1) is 0 Å². The van der Waals surface area contributed by atoms with E-state index in [9.17, 15) is 8.42 Å². The van der Waals surface area contributed by atoms with E-state index in [4.69, 9.17) is 0 Å². The molecular weight excluding hydrogens is 344 g/mol. The Morgan fingerprint density at radius 3 is 2.23 bits per heavy atom. The summed E-state index contributed by atoms with van der Waals surface area (Å²) in [5.41, 5.74) is 4.63. The van der Waals surface area contributed by atoms with Gasteiger partial charge in [-0.2, -0.15) is 0 Å². The predicted octanol–water partition coefficient (Wildman–Crippen LogP) is 2.91. The number of hydrogen-bond acceptors (Lipinski definition) is 4. The van der Waals surface area contributed by atoms with Crippen LogP contribution in [0.2, 0.25) is 0 Å². The van der Waals surface area contributed by atoms with Crippen LogP contribution in [0.4, 0.5) is 0 Å². The van der Waals surface area contributed by atoms with Crippen LogP contribution >= 0.6 is 0 Å². The van der Waals surface area contributed by atoms with Crippen molar-refractivity contribution in [3.8, 4) is 0 Å². The van der Waals surface area contributed by atoms with Gasteiger partial charge in [-0.15, -0.1) is 0 Å². The maximum atomic E-state index is 12.1. The molecular formula is C21H24N2O2S. The van der Waals surface area contributed by atoms with E-state index in [1.807, 2.05) is 12.1 Å². The van der Waals surface area contributed by atoms with E-state index in [2.05, 4.69) is 53.3 Å². The van der Waals surface area contributed by atoms with Gasteiger partial charge in [0.15, 0.2) is 9.84 Å². The summed E-state index contributed by atoms with van der Waals surface area (Å²) in [6.07, 6.45) is 5.53. The van der Waals surface area contributed by atoms with Crippen LogP contribution in [-0.4, -0.2) is 57.7 Å². The Morgan fingerprint density at radius 2 is 1.54 bits per heavy atom. The molecule has 1 fully saturated rings. The fourth-order valence-electron chi connectivity index (χ4n) is 3.90. The van der Waals surface area contributed by atoms with Crippen molar-refractivity contribution in [2.75, 3.05) is 39.5 Å².